The SMILES string of the molecule is O=C(NCCc1nnn(CCF)n1)Nc1cn2cc(Br)ccc2n1. The lowest BCUT2D eigenvalue weighted by Crippen LogP contribution is -2.30. The van der Waals surface area contributed by atoms with Crippen LogP contribution in [-0.4, -0.2) is 48.8 Å². The zero-order valence-corrected chi connectivity index (χ0v) is 14.1. The molecule has 3 heterocycles. The van der Waals surface area contributed by atoms with Crippen LogP contribution in [-0.2, 0) is 13.0 Å². The van der Waals surface area contributed by atoms with E-state index in [4.69, 9.17) is 0 Å². The summed E-state index contributed by atoms with van der Waals surface area (Å²) in [5, 5.41) is 16.8. The van der Waals surface area contributed by atoms with E-state index in [1.807, 2.05) is 18.3 Å². The van der Waals surface area contributed by atoms with Crippen LogP contribution in [0.2, 0.25) is 0 Å². The van der Waals surface area contributed by atoms with Crippen molar-refractivity contribution in [3.63, 3.8) is 0 Å². The van der Waals surface area contributed by atoms with Gasteiger partial charge in [-0.3, -0.25) is 5.32 Å². The molecule has 24 heavy (non-hydrogen) atoms. The maximum absolute atomic E-state index is 12.1. The molecule has 3 aromatic heterocycles. The second-order valence-electron chi connectivity index (χ2n) is 4.86. The summed E-state index contributed by atoms with van der Waals surface area (Å²) in [6.07, 6.45) is 3.96. The van der Waals surface area contributed by atoms with Crippen LogP contribution in [0.15, 0.2) is 29.0 Å². The van der Waals surface area contributed by atoms with Crippen molar-refractivity contribution in [2.24, 2.45) is 0 Å². The highest BCUT2D eigenvalue weighted by Gasteiger charge is 2.07. The Bertz CT molecular complexity index is 847. The smallest absolute Gasteiger partial charge is 0.320 e. The van der Waals surface area contributed by atoms with E-state index in [2.05, 4.69) is 47.0 Å². The molecule has 126 valence electrons. The molecule has 3 rings (SSSR count). The minimum atomic E-state index is -0.550. The van der Waals surface area contributed by atoms with E-state index in [0.717, 1.165) is 10.1 Å². The summed E-state index contributed by atoms with van der Waals surface area (Å²) < 4.78 is 14.9. The van der Waals surface area contributed by atoms with E-state index >= 15 is 0 Å². The molecular weight excluding hydrogens is 383 g/mol. The lowest BCUT2D eigenvalue weighted by molar-refractivity contribution is 0.252. The molecule has 0 saturated carbocycles. The second-order valence-corrected chi connectivity index (χ2v) is 5.78. The van der Waals surface area contributed by atoms with Crippen molar-refractivity contribution in [3.05, 3.63) is 34.8 Å². The zero-order chi connectivity index (χ0) is 16.9. The molecule has 11 heteroatoms. The van der Waals surface area contributed by atoms with Gasteiger partial charge in [-0.25, -0.2) is 14.2 Å². The van der Waals surface area contributed by atoms with E-state index in [1.54, 1.807) is 10.6 Å². The molecule has 0 aliphatic carbocycles. The van der Waals surface area contributed by atoms with Gasteiger partial charge in [-0.15, -0.1) is 10.2 Å². The fourth-order valence-corrected chi connectivity index (χ4v) is 2.37. The molecule has 9 nitrogen and oxygen atoms in total. The van der Waals surface area contributed by atoms with Crippen LogP contribution >= 0.6 is 15.9 Å². The Morgan fingerprint density at radius 1 is 1.33 bits per heavy atom. The van der Waals surface area contributed by atoms with Crippen LogP contribution in [0.1, 0.15) is 5.82 Å². The number of amides is 2. The Kier molecular flexibility index (Phi) is 4.99. The van der Waals surface area contributed by atoms with Crippen LogP contribution in [0.5, 0.6) is 0 Å². The number of alkyl halides is 1. The highest BCUT2D eigenvalue weighted by molar-refractivity contribution is 9.10. The number of halogens is 2. The number of hydrogen-bond acceptors (Lipinski definition) is 5. The highest BCUT2D eigenvalue weighted by atomic mass is 79.9. The normalized spacial score (nSPS) is 10.9. The third-order valence-corrected chi connectivity index (χ3v) is 3.54. The first kappa shape index (κ1) is 16.3. The van der Waals surface area contributed by atoms with Crippen LogP contribution in [0, 0.1) is 0 Å². The van der Waals surface area contributed by atoms with Crippen LogP contribution in [0.4, 0.5) is 15.0 Å². The second kappa shape index (κ2) is 7.34. The number of fused-ring (bicyclic) bond motifs is 1. The fourth-order valence-electron chi connectivity index (χ4n) is 2.02. The quantitative estimate of drug-likeness (QED) is 0.655. The van der Waals surface area contributed by atoms with Crippen molar-refractivity contribution >= 4 is 33.4 Å². The fraction of sp³-hybridized carbons (Fsp3) is 0.308. The van der Waals surface area contributed by atoms with Gasteiger partial charge in [-0.2, -0.15) is 4.80 Å². The van der Waals surface area contributed by atoms with Gasteiger partial charge in [0.2, 0.25) is 0 Å². The number of urea groups is 1. The standard InChI is InChI=1S/C13H14BrFN8O/c14-9-1-2-12-17-11(8-22(12)7-9)18-13(24)16-5-3-10-19-21-23(20-10)6-4-15/h1-2,7-8H,3-6H2,(H2,16,18,24). The maximum atomic E-state index is 12.1. The summed E-state index contributed by atoms with van der Waals surface area (Å²) in [7, 11) is 0. The van der Waals surface area contributed by atoms with Crippen LogP contribution in [0.25, 0.3) is 5.65 Å². The van der Waals surface area contributed by atoms with Crippen LogP contribution < -0.4 is 10.6 Å². The number of imidazole rings is 1. The zero-order valence-electron chi connectivity index (χ0n) is 12.5. The molecular formula is C13H14BrFN8O. The number of carbonyl (C=O) groups excluding carboxylic acids is 1. The number of nitrogens with one attached hydrogen (secondary N) is 2. The number of hydrogen-bond donors (Lipinski definition) is 2. The van der Waals surface area contributed by atoms with E-state index < -0.39 is 6.67 Å². The van der Waals surface area contributed by atoms with E-state index in [-0.39, 0.29) is 12.6 Å². The molecule has 0 aromatic carbocycles. The van der Waals surface area contributed by atoms with Crippen molar-refractivity contribution in [1.82, 2.24) is 34.9 Å². The van der Waals surface area contributed by atoms with Gasteiger partial charge in [0.15, 0.2) is 11.6 Å². The third kappa shape index (κ3) is 4.04. The van der Waals surface area contributed by atoms with Gasteiger partial charge in [-0.05, 0) is 33.3 Å². The Labute approximate surface area is 144 Å². The molecule has 0 bridgehead atoms. The first-order valence-corrected chi connectivity index (χ1v) is 7.95. The average Bonchev–Trinajstić information content (AvgIpc) is 3.13. The summed E-state index contributed by atoms with van der Waals surface area (Å²) in [5.41, 5.74) is 0.724. The molecule has 0 aliphatic heterocycles. The number of aryl methyl sites for hydroxylation is 1. The Hall–Kier alpha value is -2.56. The molecule has 0 aliphatic rings. The molecule has 0 fully saturated rings. The first-order valence-electron chi connectivity index (χ1n) is 7.16. The van der Waals surface area contributed by atoms with Gasteiger partial charge in [0.25, 0.3) is 0 Å². The molecule has 0 radical (unpaired) electrons. The van der Waals surface area contributed by atoms with Gasteiger partial charge in [0.1, 0.15) is 12.3 Å². The van der Waals surface area contributed by atoms with Gasteiger partial charge >= 0.3 is 6.03 Å². The summed E-state index contributed by atoms with van der Waals surface area (Å²) in [5.74, 6) is 0.888. The molecule has 3 aromatic rings. The molecule has 2 amide bonds. The molecule has 0 saturated heterocycles. The highest BCUT2D eigenvalue weighted by Crippen LogP contribution is 2.14. The predicted octanol–water partition coefficient (Wildman–Crippen LogP) is 1.42. The Morgan fingerprint density at radius 3 is 3.04 bits per heavy atom. The van der Waals surface area contributed by atoms with Crippen molar-refractivity contribution in [2.75, 3.05) is 18.5 Å². The lowest BCUT2D eigenvalue weighted by Gasteiger charge is -2.03. The van der Waals surface area contributed by atoms with Gasteiger partial charge in [0, 0.05) is 23.6 Å². The van der Waals surface area contributed by atoms with E-state index in [9.17, 15) is 9.18 Å². The topological polar surface area (TPSA) is 102 Å². The van der Waals surface area contributed by atoms with Gasteiger partial charge in [0.05, 0.1) is 12.7 Å². The minimum Gasteiger partial charge on any atom is -0.337 e. The average molecular weight is 397 g/mol. The van der Waals surface area contributed by atoms with Crippen LogP contribution in [0.3, 0.4) is 0 Å². The Balaban J connectivity index is 1.49. The summed E-state index contributed by atoms with van der Waals surface area (Å²) in [6, 6.07) is 3.32. The summed E-state index contributed by atoms with van der Waals surface area (Å²) >= 11 is 3.37. The number of aromatic nitrogens is 6. The number of rotatable bonds is 6. The number of anilines is 1. The van der Waals surface area contributed by atoms with Crippen molar-refractivity contribution < 1.29 is 9.18 Å². The van der Waals surface area contributed by atoms with Crippen molar-refractivity contribution in [1.29, 1.82) is 0 Å². The third-order valence-electron chi connectivity index (χ3n) is 3.07. The predicted molar refractivity (Wildman–Crippen MR) is 87.4 cm³/mol. The number of nitrogens with zero attached hydrogens (tertiary/aromatic N) is 6. The number of carbonyl (C=O) groups is 1. The lowest BCUT2D eigenvalue weighted by atomic mass is 10.4. The minimum absolute atomic E-state index is 0.0743. The summed E-state index contributed by atoms with van der Waals surface area (Å²) in [6.45, 7) is -0.150. The largest absolute Gasteiger partial charge is 0.337 e. The molecule has 2 N–H and O–H groups in total. The van der Waals surface area contributed by atoms with Crippen molar-refractivity contribution in [2.45, 2.75) is 13.0 Å². The molecule has 0 atom stereocenters. The molecule has 0 unspecified atom stereocenters. The van der Waals surface area contributed by atoms with E-state index in [0.29, 0.717) is 24.6 Å². The molecule has 0 spiro atoms. The summed E-state index contributed by atoms with van der Waals surface area (Å²) in [4.78, 5) is 17.3. The number of tetrazole rings is 1. The monoisotopic (exact) mass is 396 g/mol. The van der Waals surface area contributed by atoms with Gasteiger partial charge in [-0.1, -0.05) is 0 Å². The number of pyridine rings is 1. The maximum Gasteiger partial charge on any atom is 0.320 e. The van der Waals surface area contributed by atoms with E-state index in [1.165, 1.54) is 4.80 Å². The van der Waals surface area contributed by atoms with Crippen molar-refractivity contribution in [3.8, 4) is 0 Å². The first-order chi connectivity index (χ1) is 11.6. The Morgan fingerprint density at radius 2 is 2.21 bits per heavy atom. The van der Waals surface area contributed by atoms with Gasteiger partial charge < -0.3 is 9.72 Å².